The second-order valence-corrected chi connectivity index (χ2v) is 6.04. The topological polar surface area (TPSA) is 26.3 Å². The van der Waals surface area contributed by atoms with E-state index in [-0.39, 0.29) is 5.97 Å². The first-order valence-electron chi connectivity index (χ1n) is 7.05. The van der Waals surface area contributed by atoms with E-state index in [0.29, 0.717) is 5.56 Å². The SMILES string of the molecule is COC(=O)c1cccc(CSc2ccc3ccccc3c2)c1. The van der Waals surface area contributed by atoms with Gasteiger partial charge in [0.05, 0.1) is 12.7 Å². The van der Waals surface area contributed by atoms with Crippen molar-refractivity contribution in [1.29, 1.82) is 0 Å². The second kappa shape index (κ2) is 6.67. The first kappa shape index (κ1) is 14.7. The van der Waals surface area contributed by atoms with Crippen LogP contribution < -0.4 is 0 Å². The first-order chi connectivity index (χ1) is 10.8. The molecular weight excluding hydrogens is 292 g/mol. The summed E-state index contributed by atoms with van der Waals surface area (Å²) in [6.07, 6.45) is 0. The van der Waals surface area contributed by atoms with Gasteiger partial charge in [0.25, 0.3) is 0 Å². The number of esters is 1. The van der Waals surface area contributed by atoms with E-state index in [0.717, 1.165) is 11.3 Å². The van der Waals surface area contributed by atoms with Crippen LogP contribution in [0.2, 0.25) is 0 Å². The standard InChI is InChI=1S/C19H16O2S/c1-21-19(20)17-8-4-5-14(11-17)13-22-18-10-9-15-6-2-3-7-16(15)12-18/h2-12H,13H2,1H3. The van der Waals surface area contributed by atoms with Gasteiger partial charge in [0, 0.05) is 10.6 Å². The highest BCUT2D eigenvalue weighted by molar-refractivity contribution is 7.98. The Bertz CT molecular complexity index is 811. The van der Waals surface area contributed by atoms with Crippen LogP contribution in [0.25, 0.3) is 10.8 Å². The summed E-state index contributed by atoms with van der Waals surface area (Å²) in [5, 5.41) is 2.50. The fraction of sp³-hybridized carbons (Fsp3) is 0.105. The molecule has 0 aliphatic heterocycles. The molecule has 22 heavy (non-hydrogen) atoms. The number of ether oxygens (including phenoxy) is 1. The van der Waals surface area contributed by atoms with E-state index in [9.17, 15) is 4.79 Å². The van der Waals surface area contributed by atoms with Gasteiger partial charge in [-0.2, -0.15) is 0 Å². The van der Waals surface area contributed by atoms with E-state index in [4.69, 9.17) is 4.74 Å². The summed E-state index contributed by atoms with van der Waals surface area (Å²) in [5.41, 5.74) is 1.71. The number of hydrogen-bond acceptors (Lipinski definition) is 3. The summed E-state index contributed by atoms with van der Waals surface area (Å²) >= 11 is 1.76. The maximum absolute atomic E-state index is 11.6. The molecule has 0 aliphatic carbocycles. The van der Waals surface area contributed by atoms with Gasteiger partial charge in [0.15, 0.2) is 0 Å². The molecule has 0 aromatic heterocycles. The number of thioether (sulfide) groups is 1. The third-order valence-corrected chi connectivity index (χ3v) is 4.54. The summed E-state index contributed by atoms with van der Waals surface area (Å²) in [4.78, 5) is 12.8. The van der Waals surface area contributed by atoms with Crippen LogP contribution in [0.15, 0.2) is 71.6 Å². The highest BCUT2D eigenvalue weighted by Gasteiger charge is 2.06. The van der Waals surface area contributed by atoms with Crippen LogP contribution in [0, 0.1) is 0 Å². The van der Waals surface area contributed by atoms with E-state index >= 15 is 0 Å². The zero-order valence-corrected chi connectivity index (χ0v) is 13.1. The Morgan fingerprint density at radius 1 is 0.955 bits per heavy atom. The van der Waals surface area contributed by atoms with Crippen LogP contribution >= 0.6 is 11.8 Å². The molecule has 2 nitrogen and oxygen atoms in total. The number of benzene rings is 3. The van der Waals surface area contributed by atoms with E-state index in [1.165, 1.54) is 22.8 Å². The lowest BCUT2D eigenvalue weighted by atomic mass is 10.1. The van der Waals surface area contributed by atoms with Gasteiger partial charge in [-0.25, -0.2) is 4.79 Å². The minimum Gasteiger partial charge on any atom is -0.465 e. The fourth-order valence-corrected chi connectivity index (χ4v) is 3.22. The normalized spacial score (nSPS) is 10.6. The van der Waals surface area contributed by atoms with E-state index in [2.05, 4.69) is 36.4 Å². The van der Waals surface area contributed by atoms with Gasteiger partial charge >= 0.3 is 5.97 Å². The molecule has 3 heteroatoms. The monoisotopic (exact) mass is 308 g/mol. The van der Waals surface area contributed by atoms with Gasteiger partial charge in [0.2, 0.25) is 0 Å². The van der Waals surface area contributed by atoms with Gasteiger partial charge in [-0.1, -0.05) is 42.5 Å². The number of carbonyl (C=O) groups excluding carboxylic acids is 1. The maximum atomic E-state index is 11.6. The minimum atomic E-state index is -0.294. The molecule has 0 amide bonds. The molecule has 0 saturated carbocycles. The molecule has 0 radical (unpaired) electrons. The van der Waals surface area contributed by atoms with Crippen LogP contribution in [-0.4, -0.2) is 13.1 Å². The van der Waals surface area contributed by atoms with Crippen molar-refractivity contribution in [1.82, 2.24) is 0 Å². The Labute approximate surface area is 134 Å². The van der Waals surface area contributed by atoms with E-state index in [1.54, 1.807) is 17.8 Å². The maximum Gasteiger partial charge on any atom is 0.337 e. The van der Waals surface area contributed by atoms with Gasteiger partial charge in [-0.3, -0.25) is 0 Å². The molecule has 0 atom stereocenters. The van der Waals surface area contributed by atoms with E-state index in [1.807, 2.05) is 24.3 Å². The highest BCUT2D eigenvalue weighted by Crippen LogP contribution is 2.26. The Morgan fingerprint density at radius 3 is 2.59 bits per heavy atom. The third kappa shape index (κ3) is 3.31. The van der Waals surface area contributed by atoms with Gasteiger partial charge in [-0.15, -0.1) is 11.8 Å². The number of carbonyl (C=O) groups is 1. The predicted octanol–water partition coefficient (Wildman–Crippen LogP) is 4.92. The average molecular weight is 308 g/mol. The zero-order chi connectivity index (χ0) is 15.4. The number of rotatable bonds is 4. The van der Waals surface area contributed by atoms with Crippen molar-refractivity contribution in [3.63, 3.8) is 0 Å². The quantitative estimate of drug-likeness (QED) is 0.505. The lowest BCUT2D eigenvalue weighted by Gasteiger charge is -2.06. The molecule has 0 heterocycles. The Morgan fingerprint density at radius 2 is 1.77 bits per heavy atom. The van der Waals surface area contributed by atoms with Crippen LogP contribution in [0.1, 0.15) is 15.9 Å². The smallest absolute Gasteiger partial charge is 0.337 e. The van der Waals surface area contributed by atoms with Crippen molar-refractivity contribution in [3.8, 4) is 0 Å². The molecule has 3 aromatic carbocycles. The lowest BCUT2D eigenvalue weighted by Crippen LogP contribution is -2.01. The molecular formula is C19H16O2S. The van der Waals surface area contributed by atoms with Gasteiger partial charge in [0.1, 0.15) is 0 Å². The van der Waals surface area contributed by atoms with Crippen molar-refractivity contribution < 1.29 is 9.53 Å². The van der Waals surface area contributed by atoms with Crippen LogP contribution in [0.5, 0.6) is 0 Å². The Balaban J connectivity index is 1.75. The number of hydrogen-bond donors (Lipinski definition) is 0. The molecule has 0 fully saturated rings. The highest BCUT2D eigenvalue weighted by atomic mass is 32.2. The Kier molecular flexibility index (Phi) is 4.45. The minimum absolute atomic E-state index is 0.294. The molecule has 0 N–H and O–H groups in total. The number of fused-ring (bicyclic) bond motifs is 1. The van der Waals surface area contributed by atoms with Crippen LogP contribution in [-0.2, 0) is 10.5 Å². The van der Waals surface area contributed by atoms with Crippen molar-refractivity contribution in [2.24, 2.45) is 0 Å². The predicted molar refractivity (Wildman–Crippen MR) is 91.3 cm³/mol. The largest absolute Gasteiger partial charge is 0.465 e. The van der Waals surface area contributed by atoms with Crippen molar-refractivity contribution >= 4 is 28.5 Å². The average Bonchev–Trinajstić information content (AvgIpc) is 2.59. The molecule has 0 aliphatic rings. The van der Waals surface area contributed by atoms with Gasteiger partial charge in [-0.05, 0) is 40.6 Å². The van der Waals surface area contributed by atoms with Crippen molar-refractivity contribution in [3.05, 3.63) is 77.9 Å². The lowest BCUT2D eigenvalue weighted by molar-refractivity contribution is 0.0600. The van der Waals surface area contributed by atoms with Crippen molar-refractivity contribution in [2.45, 2.75) is 10.6 Å². The van der Waals surface area contributed by atoms with Crippen LogP contribution in [0.3, 0.4) is 0 Å². The summed E-state index contributed by atoms with van der Waals surface area (Å²) in [6.45, 7) is 0. The molecule has 0 unspecified atom stereocenters. The van der Waals surface area contributed by atoms with Crippen molar-refractivity contribution in [2.75, 3.05) is 7.11 Å². The first-order valence-corrected chi connectivity index (χ1v) is 8.04. The van der Waals surface area contributed by atoms with E-state index < -0.39 is 0 Å². The second-order valence-electron chi connectivity index (χ2n) is 4.99. The summed E-state index contributed by atoms with van der Waals surface area (Å²) in [6, 6.07) is 22.4. The molecule has 0 bridgehead atoms. The summed E-state index contributed by atoms with van der Waals surface area (Å²) < 4.78 is 4.76. The number of methoxy groups -OCH3 is 1. The molecule has 3 aromatic rings. The summed E-state index contributed by atoms with van der Waals surface area (Å²) in [7, 11) is 1.40. The molecule has 0 spiro atoms. The molecule has 110 valence electrons. The van der Waals surface area contributed by atoms with Crippen LogP contribution in [0.4, 0.5) is 0 Å². The fourth-order valence-electron chi connectivity index (χ4n) is 2.33. The third-order valence-electron chi connectivity index (χ3n) is 3.47. The van der Waals surface area contributed by atoms with Gasteiger partial charge < -0.3 is 4.74 Å². The molecule has 0 saturated heterocycles. The zero-order valence-electron chi connectivity index (χ0n) is 12.3. The molecule has 3 rings (SSSR count). The summed E-state index contributed by atoms with van der Waals surface area (Å²) in [5.74, 6) is 0.529. The Hall–Kier alpha value is -2.26.